The van der Waals surface area contributed by atoms with Gasteiger partial charge >= 0.3 is 0 Å². The lowest BCUT2D eigenvalue weighted by Crippen LogP contribution is -2.31. The summed E-state index contributed by atoms with van der Waals surface area (Å²) >= 11 is 0. The van der Waals surface area contributed by atoms with Crippen LogP contribution >= 0.6 is 0 Å². The fourth-order valence-electron chi connectivity index (χ4n) is 2.83. The molecule has 0 aromatic heterocycles. The van der Waals surface area contributed by atoms with Crippen LogP contribution in [0.4, 0.5) is 0 Å². The molecule has 110 valence electrons. The lowest BCUT2D eigenvalue weighted by atomic mass is 9.87. The van der Waals surface area contributed by atoms with Crippen molar-refractivity contribution in [1.82, 2.24) is 0 Å². The van der Waals surface area contributed by atoms with Crippen molar-refractivity contribution in [2.24, 2.45) is 11.7 Å². The summed E-state index contributed by atoms with van der Waals surface area (Å²) in [5.74, 6) is 2.16. The molecule has 0 bridgehead atoms. The minimum Gasteiger partial charge on any atom is -0.494 e. The molecule has 0 fully saturated rings. The summed E-state index contributed by atoms with van der Waals surface area (Å²) in [5, 5.41) is 0. The quantitative estimate of drug-likeness (QED) is 0.936. The second-order valence-corrected chi connectivity index (χ2v) is 5.41. The predicted octanol–water partition coefficient (Wildman–Crippen LogP) is 3.34. The molecule has 0 amide bonds. The van der Waals surface area contributed by atoms with E-state index in [9.17, 15) is 0 Å². The predicted molar refractivity (Wildman–Crippen MR) is 83.7 cm³/mol. The summed E-state index contributed by atoms with van der Waals surface area (Å²) in [4.78, 5) is 0. The Morgan fingerprint density at radius 2 is 2.10 bits per heavy atom. The van der Waals surface area contributed by atoms with Crippen molar-refractivity contribution < 1.29 is 9.47 Å². The maximum absolute atomic E-state index is 6.46. The Balaban J connectivity index is 1.77. The van der Waals surface area contributed by atoms with E-state index in [2.05, 4.69) is 12.1 Å². The van der Waals surface area contributed by atoms with Gasteiger partial charge in [0.15, 0.2) is 0 Å². The van der Waals surface area contributed by atoms with Crippen molar-refractivity contribution in [2.75, 3.05) is 13.2 Å². The minimum atomic E-state index is -0.0428. The lowest BCUT2D eigenvalue weighted by Gasteiger charge is -2.30. The number of hydrogen-bond acceptors (Lipinski definition) is 3. The van der Waals surface area contributed by atoms with Crippen molar-refractivity contribution in [3.63, 3.8) is 0 Å². The molecule has 0 radical (unpaired) electrons. The van der Waals surface area contributed by atoms with Crippen LogP contribution in [0.3, 0.4) is 0 Å². The van der Waals surface area contributed by atoms with E-state index in [1.165, 1.54) is 5.56 Å². The highest BCUT2D eigenvalue weighted by molar-refractivity contribution is 5.36. The number of para-hydroxylation sites is 1. The number of ether oxygens (including phenoxy) is 2. The Labute approximate surface area is 125 Å². The average Bonchev–Trinajstić information content (AvgIpc) is 2.54. The molecular weight excluding hydrogens is 262 g/mol. The third kappa shape index (κ3) is 3.03. The van der Waals surface area contributed by atoms with Gasteiger partial charge in [-0.25, -0.2) is 0 Å². The summed E-state index contributed by atoms with van der Waals surface area (Å²) in [6.45, 7) is 3.31. The number of benzene rings is 2. The minimum absolute atomic E-state index is 0.0428. The van der Waals surface area contributed by atoms with Crippen LogP contribution in [-0.4, -0.2) is 13.2 Å². The summed E-state index contributed by atoms with van der Waals surface area (Å²) in [6.07, 6.45) is 0.955. The van der Waals surface area contributed by atoms with Crippen molar-refractivity contribution >= 4 is 0 Å². The summed E-state index contributed by atoms with van der Waals surface area (Å²) in [7, 11) is 0. The first-order valence-corrected chi connectivity index (χ1v) is 7.47. The monoisotopic (exact) mass is 283 g/mol. The van der Waals surface area contributed by atoms with Gasteiger partial charge in [0.05, 0.1) is 13.2 Å². The van der Waals surface area contributed by atoms with Crippen LogP contribution in [0.2, 0.25) is 0 Å². The van der Waals surface area contributed by atoms with Gasteiger partial charge in [-0.3, -0.25) is 0 Å². The fourth-order valence-corrected chi connectivity index (χ4v) is 2.83. The third-order valence-corrected chi connectivity index (χ3v) is 3.97. The van der Waals surface area contributed by atoms with Crippen LogP contribution in [0.1, 0.15) is 24.1 Å². The van der Waals surface area contributed by atoms with Crippen molar-refractivity contribution in [3.05, 3.63) is 59.7 Å². The normalized spacial score (nSPS) is 18.5. The van der Waals surface area contributed by atoms with Gasteiger partial charge in [0, 0.05) is 12.0 Å². The van der Waals surface area contributed by atoms with Gasteiger partial charge in [-0.1, -0.05) is 30.3 Å². The van der Waals surface area contributed by atoms with Crippen molar-refractivity contribution in [1.29, 1.82) is 0 Å². The highest BCUT2D eigenvalue weighted by Crippen LogP contribution is 2.33. The summed E-state index contributed by atoms with van der Waals surface area (Å²) in [6, 6.07) is 16.2. The topological polar surface area (TPSA) is 44.5 Å². The van der Waals surface area contributed by atoms with Crippen LogP contribution in [0.15, 0.2) is 48.5 Å². The van der Waals surface area contributed by atoms with E-state index in [4.69, 9.17) is 15.2 Å². The van der Waals surface area contributed by atoms with Crippen LogP contribution in [0, 0.1) is 5.92 Å². The van der Waals surface area contributed by atoms with E-state index in [0.717, 1.165) is 23.5 Å². The molecule has 3 heteroatoms. The highest BCUT2D eigenvalue weighted by atomic mass is 16.5. The molecule has 2 N–H and O–H groups in total. The Kier molecular flexibility index (Phi) is 4.11. The molecule has 2 aromatic rings. The Morgan fingerprint density at radius 1 is 1.24 bits per heavy atom. The smallest absolute Gasteiger partial charge is 0.122 e. The first-order chi connectivity index (χ1) is 10.3. The number of nitrogens with two attached hydrogens (primary N) is 1. The molecule has 0 saturated heterocycles. The largest absolute Gasteiger partial charge is 0.494 e. The SMILES string of the molecule is CCOc1cccc(C(N)C2COc3ccccc3C2)c1. The lowest BCUT2D eigenvalue weighted by molar-refractivity contribution is 0.199. The van der Waals surface area contributed by atoms with E-state index < -0.39 is 0 Å². The molecule has 21 heavy (non-hydrogen) atoms. The zero-order chi connectivity index (χ0) is 14.7. The molecule has 3 rings (SSSR count). The van der Waals surface area contributed by atoms with E-state index in [1.54, 1.807) is 0 Å². The average molecular weight is 283 g/mol. The molecule has 2 aromatic carbocycles. The zero-order valence-electron chi connectivity index (χ0n) is 12.3. The highest BCUT2D eigenvalue weighted by Gasteiger charge is 2.26. The first-order valence-electron chi connectivity index (χ1n) is 7.47. The fraction of sp³-hybridized carbons (Fsp3) is 0.333. The molecule has 1 aliphatic heterocycles. The maximum Gasteiger partial charge on any atom is 0.122 e. The Hall–Kier alpha value is -2.00. The molecule has 0 saturated carbocycles. The van der Waals surface area contributed by atoms with Crippen molar-refractivity contribution in [2.45, 2.75) is 19.4 Å². The molecule has 2 unspecified atom stereocenters. The summed E-state index contributed by atoms with van der Waals surface area (Å²) < 4.78 is 11.4. The van der Waals surface area contributed by atoms with Gasteiger partial charge < -0.3 is 15.2 Å². The first kappa shape index (κ1) is 14.0. The second-order valence-electron chi connectivity index (χ2n) is 5.41. The van der Waals surface area contributed by atoms with E-state index in [0.29, 0.717) is 13.2 Å². The van der Waals surface area contributed by atoms with Gasteiger partial charge in [-0.2, -0.15) is 0 Å². The Bertz CT molecular complexity index is 612. The van der Waals surface area contributed by atoms with E-state index >= 15 is 0 Å². The van der Waals surface area contributed by atoms with Crippen LogP contribution in [0.5, 0.6) is 11.5 Å². The van der Waals surface area contributed by atoms with Gasteiger partial charge in [0.2, 0.25) is 0 Å². The van der Waals surface area contributed by atoms with Gasteiger partial charge in [-0.15, -0.1) is 0 Å². The van der Waals surface area contributed by atoms with Crippen LogP contribution in [0.25, 0.3) is 0 Å². The molecule has 0 aliphatic carbocycles. The standard InChI is InChI=1S/C18H21NO2/c1-2-20-16-8-5-7-14(11-16)18(19)15-10-13-6-3-4-9-17(13)21-12-15/h3-9,11,15,18H,2,10,12,19H2,1H3. The van der Waals surface area contributed by atoms with Crippen LogP contribution < -0.4 is 15.2 Å². The number of fused-ring (bicyclic) bond motifs is 1. The molecule has 3 nitrogen and oxygen atoms in total. The van der Waals surface area contributed by atoms with Gasteiger partial charge in [0.25, 0.3) is 0 Å². The van der Waals surface area contributed by atoms with Crippen molar-refractivity contribution in [3.8, 4) is 11.5 Å². The van der Waals surface area contributed by atoms with E-state index in [-0.39, 0.29) is 12.0 Å². The van der Waals surface area contributed by atoms with Gasteiger partial charge in [-0.05, 0) is 42.7 Å². The second kappa shape index (κ2) is 6.19. The molecular formula is C18H21NO2. The zero-order valence-corrected chi connectivity index (χ0v) is 12.3. The molecule has 2 atom stereocenters. The number of hydrogen-bond donors (Lipinski definition) is 1. The van der Waals surface area contributed by atoms with Gasteiger partial charge in [0.1, 0.15) is 11.5 Å². The summed E-state index contributed by atoms with van der Waals surface area (Å²) in [5.41, 5.74) is 8.80. The van der Waals surface area contributed by atoms with Crippen LogP contribution in [-0.2, 0) is 6.42 Å². The molecule has 0 spiro atoms. The third-order valence-electron chi connectivity index (χ3n) is 3.97. The molecule has 1 heterocycles. The van der Waals surface area contributed by atoms with E-state index in [1.807, 2.05) is 43.3 Å². The maximum atomic E-state index is 6.46. The number of rotatable bonds is 4. The molecule has 1 aliphatic rings. The Morgan fingerprint density at radius 3 is 2.95 bits per heavy atom.